The molecule has 11 nitrogen and oxygen atoms in total. The lowest BCUT2D eigenvalue weighted by Gasteiger charge is -2.39. The molecule has 1 aliphatic rings. The van der Waals surface area contributed by atoms with Crippen LogP contribution in [0, 0.1) is 11.3 Å². The maximum Gasteiger partial charge on any atom is 0.240 e. The molecule has 1 aliphatic heterocycles. The number of hydrogen-bond acceptors (Lipinski definition) is 10. The molecule has 2 aromatic rings. The van der Waals surface area contributed by atoms with Gasteiger partial charge in [0.15, 0.2) is 11.5 Å². The van der Waals surface area contributed by atoms with Crippen LogP contribution in [0.1, 0.15) is 71.9 Å². The molecule has 0 radical (unpaired) electrons. The lowest BCUT2D eigenvalue weighted by molar-refractivity contribution is -0.160. The summed E-state index contributed by atoms with van der Waals surface area (Å²) in [7, 11) is 0. The SMILES string of the molecule is CCCCOC[C@H]1O[C@@](C#N)(c2cnc3c(N)nc(N)nn23)[C@](C)(OCCCC)[C@@H]1OCCCC. The number of fused-ring (bicyclic) bond motifs is 1. The summed E-state index contributed by atoms with van der Waals surface area (Å²) in [4.78, 5) is 8.36. The van der Waals surface area contributed by atoms with Gasteiger partial charge in [0.05, 0.1) is 12.8 Å². The van der Waals surface area contributed by atoms with Crippen LogP contribution in [0.3, 0.4) is 0 Å². The third-order valence-corrected chi connectivity index (χ3v) is 6.45. The normalized spacial score (nSPS) is 26.4. The van der Waals surface area contributed by atoms with Crippen molar-refractivity contribution in [2.45, 2.75) is 89.6 Å². The number of unbranched alkanes of at least 4 members (excludes halogenated alkanes) is 3. The second-order valence-electron chi connectivity index (χ2n) is 9.07. The Morgan fingerprint density at radius 2 is 1.80 bits per heavy atom. The molecular formula is C24H39N7O4. The van der Waals surface area contributed by atoms with E-state index in [-0.39, 0.29) is 24.0 Å². The molecule has 4 atom stereocenters. The second kappa shape index (κ2) is 11.9. The molecule has 35 heavy (non-hydrogen) atoms. The van der Waals surface area contributed by atoms with Crippen LogP contribution in [0.2, 0.25) is 0 Å². The first-order valence-corrected chi connectivity index (χ1v) is 12.6. The van der Waals surface area contributed by atoms with Crippen molar-refractivity contribution in [1.29, 1.82) is 5.26 Å². The molecule has 3 rings (SSSR count). The second-order valence-corrected chi connectivity index (χ2v) is 9.07. The molecule has 194 valence electrons. The molecule has 4 N–H and O–H groups in total. The smallest absolute Gasteiger partial charge is 0.240 e. The van der Waals surface area contributed by atoms with E-state index in [4.69, 9.17) is 30.4 Å². The maximum atomic E-state index is 10.7. The van der Waals surface area contributed by atoms with E-state index in [0.717, 1.165) is 38.5 Å². The summed E-state index contributed by atoms with van der Waals surface area (Å²) in [6, 6.07) is 2.39. The summed E-state index contributed by atoms with van der Waals surface area (Å²) in [6.45, 7) is 9.97. The molecule has 2 aromatic heterocycles. The highest BCUT2D eigenvalue weighted by Crippen LogP contribution is 2.50. The highest BCUT2D eigenvalue weighted by atomic mass is 16.6. The van der Waals surface area contributed by atoms with Gasteiger partial charge in [-0.05, 0) is 26.2 Å². The van der Waals surface area contributed by atoms with Crippen molar-refractivity contribution in [3.05, 3.63) is 11.9 Å². The fourth-order valence-corrected chi connectivity index (χ4v) is 4.43. The molecule has 11 heteroatoms. The Hall–Kier alpha value is -2.52. The van der Waals surface area contributed by atoms with E-state index in [9.17, 15) is 5.26 Å². The average molecular weight is 490 g/mol. The number of nitrogens with zero attached hydrogens (tertiary/aromatic N) is 5. The van der Waals surface area contributed by atoms with Crippen molar-refractivity contribution in [2.75, 3.05) is 37.9 Å². The minimum atomic E-state index is -1.61. The van der Waals surface area contributed by atoms with Crippen LogP contribution in [-0.4, -0.2) is 63.8 Å². The van der Waals surface area contributed by atoms with Crippen LogP contribution < -0.4 is 11.5 Å². The number of rotatable bonds is 14. The molecule has 1 fully saturated rings. The van der Waals surface area contributed by atoms with Gasteiger partial charge in [-0.25, -0.2) is 9.50 Å². The molecule has 0 amide bonds. The van der Waals surface area contributed by atoms with Gasteiger partial charge in [-0.3, -0.25) is 0 Å². The van der Waals surface area contributed by atoms with Gasteiger partial charge in [0.2, 0.25) is 11.5 Å². The highest BCUT2D eigenvalue weighted by molar-refractivity contribution is 5.61. The van der Waals surface area contributed by atoms with Crippen molar-refractivity contribution in [1.82, 2.24) is 19.6 Å². The highest BCUT2D eigenvalue weighted by Gasteiger charge is 2.68. The Balaban J connectivity index is 2.11. The van der Waals surface area contributed by atoms with Gasteiger partial charge in [-0.2, -0.15) is 10.2 Å². The molecule has 0 unspecified atom stereocenters. The van der Waals surface area contributed by atoms with E-state index in [1.807, 2.05) is 6.92 Å². The van der Waals surface area contributed by atoms with Crippen LogP contribution in [0.5, 0.6) is 0 Å². The van der Waals surface area contributed by atoms with E-state index in [2.05, 4.69) is 41.9 Å². The van der Waals surface area contributed by atoms with Crippen molar-refractivity contribution < 1.29 is 18.9 Å². The summed E-state index contributed by atoms with van der Waals surface area (Å²) in [5, 5.41) is 15.0. The van der Waals surface area contributed by atoms with Crippen molar-refractivity contribution >= 4 is 17.4 Å². The van der Waals surface area contributed by atoms with E-state index in [1.54, 1.807) is 0 Å². The number of aromatic nitrogens is 4. The van der Waals surface area contributed by atoms with Gasteiger partial charge in [0.1, 0.15) is 29.6 Å². The number of nitrogens with two attached hydrogens (primary N) is 2. The minimum absolute atomic E-state index is 0.0378. The first kappa shape index (κ1) is 27.1. The molecule has 1 saturated heterocycles. The summed E-state index contributed by atoms with van der Waals surface area (Å²) in [5.74, 6) is 0.0720. The fourth-order valence-electron chi connectivity index (χ4n) is 4.43. The number of anilines is 2. The third kappa shape index (κ3) is 5.21. The lowest BCUT2D eigenvalue weighted by Crippen LogP contribution is -2.55. The fraction of sp³-hybridized carbons (Fsp3) is 0.750. The monoisotopic (exact) mass is 489 g/mol. The van der Waals surface area contributed by atoms with Crippen LogP contribution in [0.4, 0.5) is 11.8 Å². The zero-order valence-corrected chi connectivity index (χ0v) is 21.3. The Labute approximate surface area is 207 Å². The number of nitriles is 1. The first-order chi connectivity index (χ1) is 16.9. The summed E-state index contributed by atoms with van der Waals surface area (Å²) >= 11 is 0. The summed E-state index contributed by atoms with van der Waals surface area (Å²) < 4.78 is 26.8. The topological polar surface area (TPSA) is 156 Å². The number of ether oxygens (including phenoxy) is 4. The zero-order valence-electron chi connectivity index (χ0n) is 21.3. The predicted molar refractivity (Wildman–Crippen MR) is 131 cm³/mol. The van der Waals surface area contributed by atoms with E-state index in [0.29, 0.717) is 25.5 Å². The summed E-state index contributed by atoms with van der Waals surface area (Å²) in [6.07, 6.45) is 5.99. The van der Waals surface area contributed by atoms with E-state index in [1.165, 1.54) is 10.7 Å². The molecule has 0 bridgehead atoms. The lowest BCUT2D eigenvalue weighted by atomic mass is 9.79. The standard InChI is InChI=1S/C24H39N7O4/c1-5-8-11-32-15-17-19(33-12-9-6-2)23(4,34-13-10-7-3)24(16-25,35-17)18-14-28-21-20(26)29-22(27)30-31(18)21/h14,17,19H,5-13,15H2,1-4H3,(H4,26,27,29,30)/t17-,19-,23-,24+/m1/s1. The molecule has 0 aliphatic carbocycles. The molecule has 0 spiro atoms. The molecule has 0 aromatic carbocycles. The molecule has 3 heterocycles. The quantitative estimate of drug-likeness (QED) is 0.378. The first-order valence-electron chi connectivity index (χ1n) is 12.6. The van der Waals surface area contributed by atoms with E-state index >= 15 is 0 Å². The van der Waals surface area contributed by atoms with Gasteiger partial charge in [-0.1, -0.05) is 40.0 Å². The van der Waals surface area contributed by atoms with Crippen LogP contribution in [0.15, 0.2) is 6.20 Å². The number of nitrogen functional groups attached to an aromatic ring is 2. The summed E-state index contributed by atoms with van der Waals surface area (Å²) in [5.41, 5.74) is 9.76. The molecular weight excluding hydrogens is 450 g/mol. The van der Waals surface area contributed by atoms with Crippen molar-refractivity contribution in [3.8, 4) is 6.07 Å². The minimum Gasteiger partial charge on any atom is -0.380 e. The van der Waals surface area contributed by atoms with Crippen LogP contribution in [0.25, 0.3) is 5.65 Å². The Kier molecular flexibility index (Phi) is 9.24. The molecule has 0 saturated carbocycles. The predicted octanol–water partition coefficient (Wildman–Crippen LogP) is 2.98. The Morgan fingerprint density at radius 3 is 2.49 bits per heavy atom. The van der Waals surface area contributed by atoms with Gasteiger partial charge in [0.25, 0.3) is 0 Å². The van der Waals surface area contributed by atoms with E-state index < -0.39 is 23.4 Å². The third-order valence-electron chi connectivity index (χ3n) is 6.45. The zero-order chi connectivity index (χ0) is 25.5. The van der Waals surface area contributed by atoms with Crippen molar-refractivity contribution in [2.24, 2.45) is 0 Å². The van der Waals surface area contributed by atoms with Gasteiger partial charge >= 0.3 is 0 Å². The van der Waals surface area contributed by atoms with Crippen LogP contribution >= 0.6 is 0 Å². The van der Waals surface area contributed by atoms with Gasteiger partial charge in [-0.15, -0.1) is 5.10 Å². The average Bonchev–Trinajstić information content (AvgIpc) is 3.35. The number of hydrogen-bond donors (Lipinski definition) is 2. The van der Waals surface area contributed by atoms with Gasteiger partial charge < -0.3 is 30.4 Å². The largest absolute Gasteiger partial charge is 0.380 e. The Bertz CT molecular complexity index is 1010. The van der Waals surface area contributed by atoms with Crippen molar-refractivity contribution in [3.63, 3.8) is 0 Å². The number of imidazole rings is 1. The Morgan fingerprint density at radius 1 is 1.11 bits per heavy atom. The maximum absolute atomic E-state index is 10.7. The van der Waals surface area contributed by atoms with Crippen LogP contribution in [-0.2, 0) is 24.5 Å². The van der Waals surface area contributed by atoms with Gasteiger partial charge in [0, 0.05) is 19.8 Å².